The lowest BCUT2D eigenvalue weighted by molar-refractivity contribution is 0.221. The van der Waals surface area contributed by atoms with Crippen LogP contribution < -0.4 is 15.9 Å². The largest absolute Gasteiger partial charge is 0.368 e. The van der Waals surface area contributed by atoms with E-state index in [0.29, 0.717) is 0 Å². The van der Waals surface area contributed by atoms with Crippen LogP contribution in [-0.2, 0) is 0 Å². The second-order valence-electron chi connectivity index (χ2n) is 3.52. The van der Waals surface area contributed by atoms with Gasteiger partial charge in [-0.3, -0.25) is 10.4 Å². The molecule has 21 heavy (non-hydrogen) atoms. The van der Waals surface area contributed by atoms with Gasteiger partial charge in [-0.15, -0.1) is 23.2 Å². The summed E-state index contributed by atoms with van der Waals surface area (Å²) in [5.41, 5.74) is 5.43. The van der Waals surface area contributed by atoms with Gasteiger partial charge in [0.15, 0.2) is 0 Å². The Hall–Kier alpha value is 0.0700. The van der Waals surface area contributed by atoms with E-state index in [0.717, 1.165) is 0 Å². The maximum Gasteiger partial charge on any atom is 0.259 e. The summed E-state index contributed by atoms with van der Waals surface area (Å²) < 4.78 is -3.89. The molecule has 120 valence electrons. The van der Waals surface area contributed by atoms with E-state index in [1.807, 2.05) is 0 Å². The van der Waals surface area contributed by atoms with Gasteiger partial charge in [0, 0.05) is 0 Å². The highest BCUT2D eigenvalue weighted by molar-refractivity contribution is 6.53. The molecule has 1 aromatic rings. The van der Waals surface area contributed by atoms with Crippen LogP contribution in [0, 0.1) is 0 Å². The van der Waals surface area contributed by atoms with Crippen molar-refractivity contribution in [1.82, 2.24) is 15.0 Å². The zero-order chi connectivity index (χ0) is 16.4. The molecule has 1 aromatic heterocycles. The Bertz CT molecular complexity index is 464. The molecule has 0 aliphatic heterocycles. The predicted octanol–water partition coefficient (Wildman–Crippen LogP) is 2.59. The van der Waals surface area contributed by atoms with Crippen molar-refractivity contribution in [2.45, 2.75) is 8.91 Å². The van der Waals surface area contributed by atoms with Crippen molar-refractivity contribution < 1.29 is 10.4 Å². The maximum absolute atomic E-state index is 9.82. The summed E-state index contributed by atoms with van der Waals surface area (Å²) in [7, 11) is 0. The molecule has 0 atom stereocenters. The molecular weight excluding hydrogens is 413 g/mol. The summed E-state index contributed by atoms with van der Waals surface area (Å²) in [5.74, 6) is -2.17. The molecule has 0 bridgehead atoms. The van der Waals surface area contributed by atoms with Crippen LogP contribution in [0.15, 0.2) is 0 Å². The molecule has 0 amide bonds. The molecule has 4 N–H and O–H groups in total. The molecule has 1 heterocycles. The number of alkyl halides is 6. The first-order valence-corrected chi connectivity index (χ1v) is 7.50. The highest BCUT2D eigenvalue weighted by atomic mass is 35.5. The van der Waals surface area contributed by atoms with E-state index in [1.165, 1.54) is 0 Å². The summed E-state index contributed by atoms with van der Waals surface area (Å²) in [4.78, 5) is 10.8. The van der Waals surface area contributed by atoms with E-state index in [1.54, 1.807) is 0 Å². The van der Waals surface area contributed by atoms with E-state index in [2.05, 4.69) is 15.0 Å². The Morgan fingerprint density at radius 3 is 1.48 bits per heavy atom. The van der Waals surface area contributed by atoms with Gasteiger partial charge in [-0.25, -0.2) is 0 Å². The Kier molecular flexibility index (Phi) is 6.46. The Morgan fingerprint density at radius 1 is 0.857 bits per heavy atom. The quantitative estimate of drug-likeness (QED) is 0.366. The van der Waals surface area contributed by atoms with Gasteiger partial charge < -0.3 is 5.73 Å². The van der Waals surface area contributed by atoms with E-state index < -0.39 is 32.6 Å². The van der Waals surface area contributed by atoms with Crippen molar-refractivity contribution in [3.63, 3.8) is 0 Å². The van der Waals surface area contributed by atoms with Crippen LogP contribution >= 0.6 is 69.6 Å². The molecule has 0 aromatic carbocycles. The lowest BCUT2D eigenvalue weighted by atomic mass is 10.6. The van der Waals surface area contributed by atoms with E-state index in [-0.39, 0.29) is 16.1 Å². The molecule has 0 aliphatic rings. The first-order chi connectivity index (χ1) is 9.55. The van der Waals surface area contributed by atoms with Crippen molar-refractivity contribution in [3.8, 4) is 0 Å². The van der Waals surface area contributed by atoms with Gasteiger partial charge in [0.05, 0.1) is 11.8 Å². The van der Waals surface area contributed by atoms with E-state index in [9.17, 15) is 10.4 Å². The second-order valence-corrected chi connectivity index (χ2v) is 6.94. The topological polar surface area (TPSA) is 112 Å². The molecule has 14 heteroatoms. The number of halogens is 6. The number of aromatic nitrogens is 3. The third kappa shape index (κ3) is 4.52. The molecular formula is C7H8Cl6N6O2. The molecule has 1 rings (SSSR count). The Balaban J connectivity index is 3.23. The van der Waals surface area contributed by atoms with Crippen LogP contribution in [0.4, 0.5) is 17.8 Å². The van der Waals surface area contributed by atoms with Crippen molar-refractivity contribution >= 4 is 87.5 Å². The molecule has 0 saturated heterocycles. The van der Waals surface area contributed by atoms with Crippen LogP contribution in [0.25, 0.3) is 0 Å². The van der Waals surface area contributed by atoms with Crippen LogP contribution in [-0.4, -0.2) is 46.0 Å². The minimum absolute atomic E-state index is 0.226. The normalized spacial score (nSPS) is 12.4. The first kappa shape index (κ1) is 19.1. The summed E-state index contributed by atoms with van der Waals surface area (Å²) in [6.07, 6.45) is 0. The minimum atomic E-state index is -1.95. The highest BCUT2D eigenvalue weighted by Gasteiger charge is 2.36. The van der Waals surface area contributed by atoms with Crippen LogP contribution in [0.1, 0.15) is 0 Å². The van der Waals surface area contributed by atoms with Gasteiger partial charge in [0.1, 0.15) is 0 Å². The third-order valence-corrected chi connectivity index (χ3v) is 4.45. The van der Waals surface area contributed by atoms with E-state index >= 15 is 0 Å². The predicted molar refractivity (Wildman–Crippen MR) is 83.1 cm³/mol. The Labute approximate surface area is 149 Å². The van der Waals surface area contributed by atoms with Gasteiger partial charge in [-0.2, -0.15) is 25.1 Å². The maximum atomic E-state index is 9.82. The number of nitrogens with zero attached hydrogens (tertiary/aromatic N) is 5. The van der Waals surface area contributed by atoms with Gasteiger partial charge in [-0.05, 0) is 0 Å². The molecule has 0 unspecified atom stereocenters. The SMILES string of the molecule is Nc1nc(N(O)C(Cl)(Cl)CCl)nc(N(O)C(Cl)(Cl)CCl)n1. The van der Waals surface area contributed by atoms with Gasteiger partial charge >= 0.3 is 0 Å². The van der Waals surface area contributed by atoms with Crippen LogP contribution in [0.5, 0.6) is 0 Å². The number of hydrogen-bond donors (Lipinski definition) is 3. The number of nitrogens with two attached hydrogens (primary N) is 1. The monoisotopic (exact) mass is 418 g/mol. The van der Waals surface area contributed by atoms with Gasteiger partial charge in [0.25, 0.3) is 11.9 Å². The molecule has 0 saturated carbocycles. The average molecular weight is 421 g/mol. The molecule has 0 fully saturated rings. The fourth-order valence-electron chi connectivity index (χ4n) is 0.965. The number of hydrogen-bond acceptors (Lipinski definition) is 8. The van der Waals surface area contributed by atoms with Crippen molar-refractivity contribution in [3.05, 3.63) is 0 Å². The fourth-order valence-corrected chi connectivity index (χ4v) is 1.49. The summed E-state index contributed by atoms with van der Waals surface area (Å²) in [6, 6.07) is 0. The first-order valence-electron chi connectivity index (χ1n) is 4.92. The van der Waals surface area contributed by atoms with Crippen LogP contribution in [0.3, 0.4) is 0 Å². The molecule has 0 spiro atoms. The Morgan fingerprint density at radius 2 is 1.19 bits per heavy atom. The van der Waals surface area contributed by atoms with Gasteiger partial charge in [-0.1, -0.05) is 46.4 Å². The van der Waals surface area contributed by atoms with Crippen molar-refractivity contribution in [2.24, 2.45) is 0 Å². The van der Waals surface area contributed by atoms with Crippen molar-refractivity contribution in [2.75, 3.05) is 27.6 Å². The summed E-state index contributed by atoms with van der Waals surface area (Å²) in [6.45, 7) is 0. The molecule has 0 radical (unpaired) electrons. The highest BCUT2D eigenvalue weighted by Crippen LogP contribution is 2.32. The standard InChI is InChI=1S/C7H8Cl6N6O2/c8-1-6(10,11)18(20)4-15-3(14)16-5(17-4)19(21)7(12,13)2-9/h20-21H,1-2H2,(H2,14,15,16,17). The smallest absolute Gasteiger partial charge is 0.259 e. The molecule has 8 nitrogen and oxygen atoms in total. The number of rotatable bonds is 6. The number of nitrogen functional groups attached to an aromatic ring is 1. The lowest BCUT2D eigenvalue weighted by Gasteiger charge is -2.29. The second kappa shape index (κ2) is 7.10. The summed E-state index contributed by atoms with van der Waals surface area (Å²) >= 11 is 33.9. The zero-order valence-electron chi connectivity index (χ0n) is 9.89. The van der Waals surface area contributed by atoms with Crippen LogP contribution in [0.2, 0.25) is 0 Å². The van der Waals surface area contributed by atoms with E-state index in [4.69, 9.17) is 75.3 Å². The van der Waals surface area contributed by atoms with Crippen molar-refractivity contribution in [1.29, 1.82) is 0 Å². The zero-order valence-corrected chi connectivity index (χ0v) is 14.4. The average Bonchev–Trinajstić information content (AvgIpc) is 2.44. The third-order valence-electron chi connectivity index (χ3n) is 1.95. The fraction of sp³-hybridized carbons (Fsp3) is 0.571. The lowest BCUT2D eigenvalue weighted by Crippen LogP contribution is -2.42. The van der Waals surface area contributed by atoms with Gasteiger partial charge in [0.2, 0.25) is 14.9 Å². The number of anilines is 3. The summed E-state index contributed by atoms with van der Waals surface area (Å²) in [5, 5.41) is 20.1. The molecule has 0 aliphatic carbocycles. The minimum Gasteiger partial charge on any atom is -0.368 e. The number of hydroxylamine groups is 2.